The van der Waals surface area contributed by atoms with Crippen molar-refractivity contribution in [3.05, 3.63) is 29.8 Å². The number of carbonyl (C=O) groups excluding carboxylic acids is 1. The molecule has 1 atom stereocenters. The number of likely N-dealkylation sites (tertiary alicyclic amines) is 1. The highest BCUT2D eigenvalue weighted by Crippen LogP contribution is 2.13. The fourth-order valence-corrected chi connectivity index (χ4v) is 3.99. The van der Waals surface area contributed by atoms with Crippen LogP contribution in [0.15, 0.2) is 29.2 Å². The molecule has 128 valence electrons. The van der Waals surface area contributed by atoms with E-state index >= 15 is 0 Å². The number of hydrogen-bond acceptors (Lipinski definition) is 4. The molecule has 0 radical (unpaired) electrons. The van der Waals surface area contributed by atoms with E-state index in [0.717, 1.165) is 18.7 Å². The number of rotatable bonds is 7. The molecule has 1 amide bonds. The van der Waals surface area contributed by atoms with Gasteiger partial charge in [0.2, 0.25) is 5.91 Å². The van der Waals surface area contributed by atoms with Crippen LogP contribution in [0.3, 0.4) is 0 Å². The molecular formula is C17H26N2O3S. The quantitative estimate of drug-likeness (QED) is 0.823. The molecule has 0 saturated carbocycles. The number of benzene rings is 1. The topological polar surface area (TPSA) is 66.5 Å². The van der Waals surface area contributed by atoms with Gasteiger partial charge in [-0.05, 0) is 51.9 Å². The highest BCUT2D eigenvalue weighted by Gasteiger charge is 2.19. The Morgan fingerprint density at radius 3 is 2.43 bits per heavy atom. The Bertz CT molecular complexity index is 620. The molecule has 23 heavy (non-hydrogen) atoms. The fourth-order valence-electron chi connectivity index (χ4n) is 2.75. The van der Waals surface area contributed by atoms with Gasteiger partial charge in [0, 0.05) is 19.0 Å². The first kappa shape index (κ1) is 17.9. The van der Waals surface area contributed by atoms with E-state index in [1.165, 1.54) is 12.8 Å². The lowest BCUT2D eigenvalue weighted by atomic mass is 10.2. The lowest BCUT2D eigenvalue weighted by molar-refractivity contribution is -0.120. The van der Waals surface area contributed by atoms with E-state index in [4.69, 9.17) is 0 Å². The third-order valence-electron chi connectivity index (χ3n) is 4.34. The van der Waals surface area contributed by atoms with Crippen molar-refractivity contribution >= 4 is 15.7 Å². The summed E-state index contributed by atoms with van der Waals surface area (Å²) in [6.45, 7) is 6.74. The molecule has 1 N–H and O–H groups in total. The minimum absolute atomic E-state index is 0.00291. The van der Waals surface area contributed by atoms with E-state index in [9.17, 15) is 13.2 Å². The molecule has 1 aliphatic rings. The van der Waals surface area contributed by atoms with Crippen molar-refractivity contribution in [1.29, 1.82) is 0 Å². The van der Waals surface area contributed by atoms with E-state index in [1.54, 1.807) is 24.3 Å². The van der Waals surface area contributed by atoms with Crippen LogP contribution in [-0.4, -0.2) is 50.7 Å². The predicted molar refractivity (Wildman–Crippen MR) is 91.1 cm³/mol. The van der Waals surface area contributed by atoms with Gasteiger partial charge in [-0.1, -0.05) is 17.7 Å². The summed E-state index contributed by atoms with van der Waals surface area (Å²) in [5, 5.41) is 2.85. The summed E-state index contributed by atoms with van der Waals surface area (Å²) in [7, 11) is -3.40. The van der Waals surface area contributed by atoms with Gasteiger partial charge in [-0.25, -0.2) is 8.42 Å². The van der Waals surface area contributed by atoms with Gasteiger partial charge in [-0.3, -0.25) is 9.69 Å². The molecule has 1 unspecified atom stereocenters. The Morgan fingerprint density at radius 2 is 1.83 bits per heavy atom. The van der Waals surface area contributed by atoms with Crippen LogP contribution in [0.4, 0.5) is 0 Å². The average molecular weight is 338 g/mol. The predicted octanol–water partition coefficient (Wildman–Crippen LogP) is 1.76. The minimum Gasteiger partial charge on any atom is -0.355 e. The summed E-state index contributed by atoms with van der Waals surface area (Å²) in [5.41, 5.74) is 1.01. The third kappa shape index (κ3) is 5.32. The molecule has 0 spiro atoms. The first-order valence-electron chi connectivity index (χ1n) is 8.18. The second-order valence-corrected chi connectivity index (χ2v) is 8.39. The van der Waals surface area contributed by atoms with Crippen molar-refractivity contribution in [2.45, 2.75) is 44.0 Å². The largest absolute Gasteiger partial charge is 0.355 e. The summed E-state index contributed by atoms with van der Waals surface area (Å²) in [6.07, 6.45) is 2.43. The number of amides is 1. The molecule has 1 saturated heterocycles. The maximum Gasteiger partial charge on any atom is 0.221 e. The van der Waals surface area contributed by atoms with Crippen LogP contribution < -0.4 is 5.32 Å². The molecule has 0 aromatic heterocycles. The number of sulfone groups is 1. The second kappa shape index (κ2) is 7.93. The van der Waals surface area contributed by atoms with Crippen molar-refractivity contribution < 1.29 is 13.2 Å². The van der Waals surface area contributed by atoms with E-state index in [1.807, 2.05) is 6.92 Å². The Hall–Kier alpha value is -1.40. The summed E-state index contributed by atoms with van der Waals surface area (Å²) in [6, 6.07) is 7.03. The zero-order valence-corrected chi connectivity index (χ0v) is 14.7. The van der Waals surface area contributed by atoms with Crippen molar-refractivity contribution in [2.75, 3.05) is 25.4 Å². The van der Waals surface area contributed by atoms with Crippen LogP contribution in [0.2, 0.25) is 0 Å². The lowest BCUT2D eigenvalue weighted by Gasteiger charge is -2.23. The van der Waals surface area contributed by atoms with Crippen LogP contribution in [-0.2, 0) is 14.6 Å². The second-order valence-electron chi connectivity index (χ2n) is 6.28. The molecular weight excluding hydrogens is 312 g/mol. The normalized spacial score (nSPS) is 17.1. The van der Waals surface area contributed by atoms with E-state index in [2.05, 4.69) is 17.1 Å². The first-order valence-corrected chi connectivity index (χ1v) is 9.84. The van der Waals surface area contributed by atoms with Crippen molar-refractivity contribution in [1.82, 2.24) is 10.2 Å². The van der Waals surface area contributed by atoms with Crippen LogP contribution in [0.1, 0.15) is 31.7 Å². The van der Waals surface area contributed by atoms with Gasteiger partial charge in [-0.15, -0.1) is 0 Å². The highest BCUT2D eigenvalue weighted by molar-refractivity contribution is 7.91. The summed E-state index contributed by atoms with van der Waals surface area (Å²) in [5.74, 6) is -0.355. The first-order chi connectivity index (χ1) is 10.9. The molecule has 0 aliphatic carbocycles. The van der Waals surface area contributed by atoms with E-state index in [0.29, 0.717) is 12.6 Å². The third-order valence-corrected chi connectivity index (χ3v) is 6.07. The van der Waals surface area contributed by atoms with Gasteiger partial charge >= 0.3 is 0 Å². The van der Waals surface area contributed by atoms with Crippen LogP contribution in [0.25, 0.3) is 0 Å². The van der Waals surface area contributed by atoms with Crippen molar-refractivity contribution in [2.24, 2.45) is 0 Å². The molecule has 5 nitrogen and oxygen atoms in total. The lowest BCUT2D eigenvalue weighted by Crippen LogP contribution is -2.41. The maximum absolute atomic E-state index is 12.2. The number of carbonyl (C=O) groups is 1. The summed E-state index contributed by atoms with van der Waals surface area (Å²) < 4.78 is 24.4. The van der Waals surface area contributed by atoms with Crippen molar-refractivity contribution in [3.8, 4) is 0 Å². The smallest absolute Gasteiger partial charge is 0.221 e. The number of nitrogens with one attached hydrogen (secondary N) is 1. The molecule has 2 rings (SSSR count). The monoisotopic (exact) mass is 338 g/mol. The van der Waals surface area contributed by atoms with Gasteiger partial charge < -0.3 is 5.32 Å². The van der Waals surface area contributed by atoms with Gasteiger partial charge in [0.1, 0.15) is 0 Å². The zero-order valence-electron chi connectivity index (χ0n) is 13.9. The molecule has 1 aromatic rings. The number of aryl methyl sites for hydroxylation is 1. The molecule has 1 fully saturated rings. The standard InChI is InChI=1S/C17H26N2O3S/c1-14-5-7-16(8-6-14)23(21,22)12-9-17(20)18-13-15(2)19-10-3-4-11-19/h5-8,15H,3-4,9-13H2,1-2H3,(H,18,20). The van der Waals surface area contributed by atoms with Gasteiger partial charge in [-0.2, -0.15) is 0 Å². The van der Waals surface area contributed by atoms with E-state index in [-0.39, 0.29) is 23.0 Å². The Morgan fingerprint density at radius 1 is 1.22 bits per heavy atom. The van der Waals surface area contributed by atoms with Gasteiger partial charge in [0.05, 0.1) is 10.6 Å². The minimum atomic E-state index is -3.40. The molecule has 1 heterocycles. The van der Waals surface area contributed by atoms with E-state index < -0.39 is 9.84 Å². The highest BCUT2D eigenvalue weighted by atomic mass is 32.2. The van der Waals surface area contributed by atoms with Crippen molar-refractivity contribution in [3.63, 3.8) is 0 Å². The van der Waals surface area contributed by atoms with Crippen LogP contribution in [0, 0.1) is 6.92 Å². The molecule has 1 aromatic carbocycles. The van der Waals surface area contributed by atoms with Crippen LogP contribution in [0.5, 0.6) is 0 Å². The summed E-state index contributed by atoms with van der Waals surface area (Å²) in [4.78, 5) is 14.5. The Kier molecular flexibility index (Phi) is 6.18. The average Bonchev–Trinajstić information content (AvgIpc) is 3.05. The Labute approximate surface area is 139 Å². The van der Waals surface area contributed by atoms with Gasteiger partial charge in [0.25, 0.3) is 0 Å². The molecule has 0 bridgehead atoms. The zero-order chi connectivity index (χ0) is 16.9. The Balaban J connectivity index is 1.78. The maximum atomic E-state index is 12.2. The number of nitrogens with zero attached hydrogens (tertiary/aromatic N) is 1. The molecule has 1 aliphatic heterocycles. The van der Waals surface area contributed by atoms with Crippen LogP contribution >= 0.6 is 0 Å². The van der Waals surface area contributed by atoms with Gasteiger partial charge in [0.15, 0.2) is 9.84 Å². The number of hydrogen-bond donors (Lipinski definition) is 1. The summed E-state index contributed by atoms with van der Waals surface area (Å²) >= 11 is 0. The molecule has 6 heteroatoms. The SMILES string of the molecule is Cc1ccc(S(=O)(=O)CCC(=O)NCC(C)N2CCCC2)cc1. The fraction of sp³-hybridized carbons (Fsp3) is 0.588.